The normalized spacial score (nSPS) is 23.1. The number of rotatable bonds is 7. The molecule has 1 fully saturated rings. The van der Waals surface area contributed by atoms with Crippen molar-refractivity contribution < 1.29 is 4.79 Å². The Morgan fingerprint density at radius 1 is 1.32 bits per heavy atom. The van der Waals surface area contributed by atoms with E-state index in [1.54, 1.807) is 7.05 Å². The SMILES string of the molecule is CNC(=O)C(CC(C)C)NC(C)CC1CCCCN1. The van der Waals surface area contributed by atoms with Crippen molar-refractivity contribution in [2.45, 2.75) is 71.0 Å². The van der Waals surface area contributed by atoms with Gasteiger partial charge in [0, 0.05) is 19.1 Å². The fraction of sp³-hybridized carbons (Fsp3) is 0.933. The topological polar surface area (TPSA) is 53.2 Å². The first kappa shape index (κ1) is 16.4. The molecular formula is C15H31N3O. The minimum absolute atomic E-state index is 0.0661. The summed E-state index contributed by atoms with van der Waals surface area (Å²) < 4.78 is 0. The smallest absolute Gasteiger partial charge is 0.236 e. The minimum atomic E-state index is -0.0661. The van der Waals surface area contributed by atoms with Crippen molar-refractivity contribution in [1.82, 2.24) is 16.0 Å². The second-order valence-corrected chi connectivity index (χ2v) is 6.25. The minimum Gasteiger partial charge on any atom is -0.358 e. The zero-order chi connectivity index (χ0) is 14.3. The van der Waals surface area contributed by atoms with Crippen LogP contribution in [0.2, 0.25) is 0 Å². The van der Waals surface area contributed by atoms with E-state index in [2.05, 4.69) is 36.7 Å². The number of likely N-dealkylation sites (N-methyl/N-ethyl adjacent to an activating group) is 1. The van der Waals surface area contributed by atoms with E-state index in [1.807, 2.05) is 0 Å². The van der Waals surface area contributed by atoms with Gasteiger partial charge in [-0.3, -0.25) is 4.79 Å². The van der Waals surface area contributed by atoms with Gasteiger partial charge in [0.05, 0.1) is 6.04 Å². The average molecular weight is 269 g/mol. The van der Waals surface area contributed by atoms with Crippen LogP contribution in [0.25, 0.3) is 0 Å². The van der Waals surface area contributed by atoms with Gasteiger partial charge in [0.25, 0.3) is 0 Å². The maximum Gasteiger partial charge on any atom is 0.236 e. The van der Waals surface area contributed by atoms with Crippen molar-refractivity contribution in [3.63, 3.8) is 0 Å². The van der Waals surface area contributed by atoms with Gasteiger partial charge in [-0.2, -0.15) is 0 Å². The van der Waals surface area contributed by atoms with Gasteiger partial charge in [0.15, 0.2) is 0 Å². The first-order chi connectivity index (χ1) is 9.02. The summed E-state index contributed by atoms with van der Waals surface area (Å²) in [5.41, 5.74) is 0. The first-order valence-corrected chi connectivity index (χ1v) is 7.74. The van der Waals surface area contributed by atoms with Crippen LogP contribution in [0.5, 0.6) is 0 Å². The summed E-state index contributed by atoms with van der Waals surface area (Å²) in [7, 11) is 1.71. The van der Waals surface area contributed by atoms with E-state index in [4.69, 9.17) is 0 Å². The molecule has 0 spiro atoms. The quantitative estimate of drug-likeness (QED) is 0.659. The fourth-order valence-electron chi connectivity index (χ4n) is 2.86. The molecule has 19 heavy (non-hydrogen) atoms. The molecule has 0 aromatic heterocycles. The molecule has 112 valence electrons. The lowest BCUT2D eigenvalue weighted by Crippen LogP contribution is -2.49. The van der Waals surface area contributed by atoms with Gasteiger partial charge >= 0.3 is 0 Å². The summed E-state index contributed by atoms with van der Waals surface area (Å²) >= 11 is 0. The van der Waals surface area contributed by atoms with Crippen molar-refractivity contribution in [2.75, 3.05) is 13.6 Å². The molecule has 1 heterocycles. The molecular weight excluding hydrogens is 238 g/mol. The number of piperidine rings is 1. The van der Waals surface area contributed by atoms with Crippen molar-refractivity contribution in [3.8, 4) is 0 Å². The zero-order valence-corrected chi connectivity index (χ0v) is 13.0. The van der Waals surface area contributed by atoms with Crippen LogP contribution in [0, 0.1) is 5.92 Å². The van der Waals surface area contributed by atoms with E-state index in [-0.39, 0.29) is 11.9 Å². The molecule has 3 N–H and O–H groups in total. The standard InChI is InChI=1S/C15H31N3O/c1-11(2)9-14(15(19)16-4)18-12(3)10-13-7-5-6-8-17-13/h11-14,17-18H,5-10H2,1-4H3,(H,16,19). The number of nitrogens with one attached hydrogen (secondary N) is 3. The summed E-state index contributed by atoms with van der Waals surface area (Å²) in [5.74, 6) is 0.631. The third-order valence-corrected chi connectivity index (χ3v) is 3.81. The third-order valence-electron chi connectivity index (χ3n) is 3.81. The number of hydrogen-bond acceptors (Lipinski definition) is 3. The summed E-state index contributed by atoms with van der Waals surface area (Å²) in [5, 5.41) is 9.82. The highest BCUT2D eigenvalue weighted by Gasteiger charge is 2.22. The van der Waals surface area contributed by atoms with Crippen LogP contribution in [-0.2, 0) is 4.79 Å². The second kappa shape index (κ2) is 8.54. The zero-order valence-electron chi connectivity index (χ0n) is 13.0. The highest BCUT2D eigenvalue weighted by molar-refractivity contribution is 5.81. The number of carbonyl (C=O) groups is 1. The Labute approximate surface area is 118 Å². The van der Waals surface area contributed by atoms with E-state index in [1.165, 1.54) is 19.3 Å². The van der Waals surface area contributed by atoms with Crippen LogP contribution >= 0.6 is 0 Å². The second-order valence-electron chi connectivity index (χ2n) is 6.25. The van der Waals surface area contributed by atoms with E-state index in [0.717, 1.165) is 19.4 Å². The summed E-state index contributed by atoms with van der Waals surface area (Å²) in [4.78, 5) is 11.9. The van der Waals surface area contributed by atoms with E-state index < -0.39 is 0 Å². The predicted octanol–water partition coefficient (Wildman–Crippen LogP) is 1.66. The van der Waals surface area contributed by atoms with Crippen molar-refractivity contribution in [1.29, 1.82) is 0 Å². The Kier molecular flexibility index (Phi) is 7.39. The maximum atomic E-state index is 11.9. The summed E-state index contributed by atoms with van der Waals surface area (Å²) in [6, 6.07) is 0.917. The molecule has 4 nitrogen and oxygen atoms in total. The van der Waals surface area contributed by atoms with E-state index in [9.17, 15) is 4.79 Å². The van der Waals surface area contributed by atoms with Gasteiger partial charge in [-0.1, -0.05) is 20.3 Å². The molecule has 4 heteroatoms. The molecule has 1 aliphatic rings. The summed E-state index contributed by atoms with van der Waals surface area (Å²) in [6.45, 7) is 7.64. The summed E-state index contributed by atoms with van der Waals surface area (Å²) in [6.07, 6.45) is 5.89. The molecule has 3 atom stereocenters. The lowest BCUT2D eigenvalue weighted by Gasteiger charge is -2.29. The van der Waals surface area contributed by atoms with Crippen molar-refractivity contribution in [3.05, 3.63) is 0 Å². The Hall–Kier alpha value is -0.610. The van der Waals surface area contributed by atoms with E-state index in [0.29, 0.717) is 18.0 Å². The average Bonchev–Trinajstić information content (AvgIpc) is 2.37. The van der Waals surface area contributed by atoms with Crippen molar-refractivity contribution in [2.24, 2.45) is 5.92 Å². The molecule has 3 unspecified atom stereocenters. The molecule has 1 amide bonds. The molecule has 0 saturated carbocycles. The van der Waals surface area contributed by atoms with Gasteiger partial charge in [-0.25, -0.2) is 0 Å². The van der Waals surface area contributed by atoms with E-state index >= 15 is 0 Å². The molecule has 0 aliphatic carbocycles. The van der Waals surface area contributed by atoms with Gasteiger partial charge in [-0.15, -0.1) is 0 Å². The Bertz CT molecular complexity index is 262. The maximum absolute atomic E-state index is 11.9. The molecule has 0 aromatic rings. The first-order valence-electron chi connectivity index (χ1n) is 7.74. The lowest BCUT2D eigenvalue weighted by molar-refractivity contribution is -0.123. The van der Waals surface area contributed by atoms with Crippen LogP contribution in [0.4, 0.5) is 0 Å². The largest absolute Gasteiger partial charge is 0.358 e. The number of carbonyl (C=O) groups excluding carboxylic acids is 1. The van der Waals surface area contributed by atoms with Crippen LogP contribution < -0.4 is 16.0 Å². The van der Waals surface area contributed by atoms with Crippen LogP contribution in [0.1, 0.15) is 52.9 Å². The molecule has 1 rings (SSSR count). The predicted molar refractivity (Wildman–Crippen MR) is 80.2 cm³/mol. The molecule has 0 bridgehead atoms. The molecule has 1 aliphatic heterocycles. The number of amides is 1. The van der Waals surface area contributed by atoms with Gasteiger partial charge in [0.2, 0.25) is 5.91 Å². The van der Waals surface area contributed by atoms with Gasteiger partial charge < -0.3 is 16.0 Å². The Morgan fingerprint density at radius 2 is 2.05 bits per heavy atom. The van der Waals surface area contributed by atoms with Gasteiger partial charge in [0.1, 0.15) is 0 Å². The van der Waals surface area contributed by atoms with Crippen LogP contribution in [0.15, 0.2) is 0 Å². The fourth-order valence-corrected chi connectivity index (χ4v) is 2.86. The highest BCUT2D eigenvalue weighted by Crippen LogP contribution is 2.13. The van der Waals surface area contributed by atoms with Gasteiger partial charge in [-0.05, 0) is 45.1 Å². The molecule has 1 saturated heterocycles. The Morgan fingerprint density at radius 3 is 2.58 bits per heavy atom. The number of hydrogen-bond donors (Lipinski definition) is 3. The van der Waals surface area contributed by atoms with Crippen molar-refractivity contribution >= 4 is 5.91 Å². The monoisotopic (exact) mass is 269 g/mol. The molecule has 0 aromatic carbocycles. The third kappa shape index (κ3) is 6.39. The van der Waals surface area contributed by atoms with Crippen LogP contribution in [-0.4, -0.2) is 37.6 Å². The van der Waals surface area contributed by atoms with Crippen LogP contribution in [0.3, 0.4) is 0 Å². The lowest BCUT2D eigenvalue weighted by atomic mass is 9.97. The molecule has 0 radical (unpaired) electrons. The Balaban J connectivity index is 2.40. The highest BCUT2D eigenvalue weighted by atomic mass is 16.2.